The lowest BCUT2D eigenvalue weighted by Gasteiger charge is -2.06. The minimum absolute atomic E-state index is 0.0692. The van der Waals surface area contributed by atoms with Gasteiger partial charge in [-0.15, -0.1) is 0 Å². The first-order chi connectivity index (χ1) is 12.7. The molecule has 1 fully saturated rings. The van der Waals surface area contributed by atoms with Gasteiger partial charge in [-0.2, -0.15) is 13.2 Å². The van der Waals surface area contributed by atoms with Crippen LogP contribution in [0.25, 0.3) is 6.08 Å². The second kappa shape index (κ2) is 7.28. The number of rotatable bonds is 3. The first-order valence-corrected chi connectivity index (χ1v) is 8.34. The smallest absolute Gasteiger partial charge is 0.416 e. The fourth-order valence-electron chi connectivity index (χ4n) is 2.22. The summed E-state index contributed by atoms with van der Waals surface area (Å²) in [6.45, 7) is 0. The van der Waals surface area contributed by atoms with E-state index < -0.39 is 23.6 Å². The van der Waals surface area contributed by atoms with E-state index in [1.54, 1.807) is 18.2 Å². The van der Waals surface area contributed by atoms with E-state index in [0.717, 1.165) is 23.9 Å². The fourth-order valence-corrected chi connectivity index (χ4v) is 3.06. The lowest BCUT2D eigenvalue weighted by molar-refractivity contribution is -0.137. The van der Waals surface area contributed by atoms with E-state index in [0.29, 0.717) is 10.5 Å². The minimum Gasteiger partial charge on any atom is -0.478 e. The molecule has 0 unspecified atom stereocenters. The lowest BCUT2D eigenvalue weighted by Crippen LogP contribution is -2.19. The summed E-state index contributed by atoms with van der Waals surface area (Å²) in [6, 6.07) is 10.4. The number of carboxylic acid groups (broad SMARTS) is 1. The molecule has 2 aromatic carbocycles. The molecule has 138 valence electrons. The number of hydrogen-bond acceptors (Lipinski definition) is 4. The Labute approximate surface area is 155 Å². The normalized spacial score (nSPS) is 17.4. The number of halogens is 3. The highest BCUT2D eigenvalue weighted by Gasteiger charge is 2.30. The first-order valence-electron chi connectivity index (χ1n) is 7.52. The van der Waals surface area contributed by atoms with Crippen molar-refractivity contribution in [1.82, 2.24) is 5.32 Å². The maximum absolute atomic E-state index is 12.8. The van der Waals surface area contributed by atoms with Crippen LogP contribution in [-0.4, -0.2) is 22.2 Å². The zero-order valence-corrected chi connectivity index (χ0v) is 14.3. The average Bonchev–Trinajstić information content (AvgIpc) is 2.94. The van der Waals surface area contributed by atoms with Gasteiger partial charge in [0.2, 0.25) is 0 Å². The Balaban J connectivity index is 1.81. The second-order valence-electron chi connectivity index (χ2n) is 5.46. The van der Waals surface area contributed by atoms with Crippen LogP contribution in [0.2, 0.25) is 0 Å². The van der Waals surface area contributed by atoms with Crippen molar-refractivity contribution in [2.45, 2.75) is 6.18 Å². The van der Waals surface area contributed by atoms with Gasteiger partial charge >= 0.3 is 12.1 Å². The maximum Gasteiger partial charge on any atom is 0.416 e. The molecule has 0 aromatic heterocycles. The van der Waals surface area contributed by atoms with Gasteiger partial charge in [-0.05, 0) is 53.7 Å². The van der Waals surface area contributed by atoms with Crippen LogP contribution < -0.4 is 5.32 Å². The fraction of sp³-hybridized carbons (Fsp3) is 0.0556. The summed E-state index contributed by atoms with van der Waals surface area (Å²) < 4.78 is 38.3. The molecule has 27 heavy (non-hydrogen) atoms. The van der Waals surface area contributed by atoms with E-state index in [9.17, 15) is 22.8 Å². The van der Waals surface area contributed by atoms with E-state index in [1.165, 1.54) is 24.3 Å². The largest absolute Gasteiger partial charge is 0.478 e. The van der Waals surface area contributed by atoms with Crippen molar-refractivity contribution >= 4 is 40.6 Å². The molecule has 1 amide bonds. The summed E-state index contributed by atoms with van der Waals surface area (Å²) in [4.78, 5) is 27.2. The summed E-state index contributed by atoms with van der Waals surface area (Å²) in [7, 11) is 0. The van der Waals surface area contributed by atoms with Gasteiger partial charge < -0.3 is 10.4 Å². The van der Waals surface area contributed by atoms with Crippen molar-refractivity contribution in [3.05, 3.63) is 70.1 Å². The molecule has 0 spiro atoms. The van der Waals surface area contributed by atoms with Crippen LogP contribution in [0, 0.1) is 0 Å². The molecule has 2 N–H and O–H groups in total. The number of amides is 1. The van der Waals surface area contributed by atoms with E-state index >= 15 is 0 Å². The summed E-state index contributed by atoms with van der Waals surface area (Å²) in [6.07, 6.45) is -2.93. The molecular formula is C18H11F3N2O3S. The number of benzene rings is 2. The number of thioether (sulfide) groups is 1. The molecule has 1 saturated heterocycles. The van der Waals surface area contributed by atoms with Crippen LogP contribution in [0.5, 0.6) is 0 Å². The summed E-state index contributed by atoms with van der Waals surface area (Å²) in [5.74, 6) is -1.49. The zero-order chi connectivity index (χ0) is 19.6. The number of alkyl halides is 3. The van der Waals surface area contributed by atoms with Gasteiger partial charge in [-0.25, -0.2) is 9.79 Å². The standard InChI is InChI=1S/C18H11F3N2O3S/c19-18(20,21)12-2-1-3-13(9-12)22-17-23-15(24)14(27-17)8-10-4-6-11(7-5-10)16(25)26/h1-9H,(H,25,26)(H,22,23,24). The molecule has 1 aliphatic rings. The Hall–Kier alpha value is -3.07. The van der Waals surface area contributed by atoms with Crippen molar-refractivity contribution in [1.29, 1.82) is 0 Å². The third-order valence-corrected chi connectivity index (χ3v) is 4.42. The number of amidine groups is 1. The van der Waals surface area contributed by atoms with Crippen molar-refractivity contribution in [3.63, 3.8) is 0 Å². The monoisotopic (exact) mass is 392 g/mol. The second-order valence-corrected chi connectivity index (χ2v) is 6.49. The Kier molecular flexibility index (Phi) is 5.04. The predicted molar refractivity (Wildman–Crippen MR) is 95.7 cm³/mol. The van der Waals surface area contributed by atoms with Gasteiger partial charge in [0.1, 0.15) is 0 Å². The van der Waals surface area contributed by atoms with Crippen molar-refractivity contribution in [2.24, 2.45) is 4.99 Å². The molecule has 0 bridgehead atoms. The highest BCUT2D eigenvalue weighted by molar-refractivity contribution is 8.18. The number of hydrogen-bond donors (Lipinski definition) is 2. The molecule has 9 heteroatoms. The van der Waals surface area contributed by atoms with Crippen molar-refractivity contribution in [3.8, 4) is 0 Å². The van der Waals surface area contributed by atoms with Gasteiger partial charge in [-0.3, -0.25) is 4.79 Å². The number of carbonyl (C=O) groups is 2. The number of nitrogens with one attached hydrogen (secondary N) is 1. The lowest BCUT2D eigenvalue weighted by atomic mass is 10.1. The highest BCUT2D eigenvalue weighted by Crippen LogP contribution is 2.33. The number of carboxylic acids is 1. The van der Waals surface area contributed by atoms with Crippen LogP contribution >= 0.6 is 11.8 Å². The number of aromatic carboxylic acids is 1. The molecule has 3 rings (SSSR count). The third-order valence-electron chi connectivity index (χ3n) is 3.51. The van der Waals surface area contributed by atoms with Crippen LogP contribution in [0.4, 0.5) is 18.9 Å². The molecule has 1 heterocycles. The Bertz CT molecular complexity index is 967. The molecule has 5 nitrogen and oxygen atoms in total. The van der Waals surface area contributed by atoms with Crippen LogP contribution in [0.3, 0.4) is 0 Å². The Morgan fingerprint density at radius 3 is 2.48 bits per heavy atom. The van der Waals surface area contributed by atoms with Crippen molar-refractivity contribution < 1.29 is 27.9 Å². The topological polar surface area (TPSA) is 78.8 Å². The van der Waals surface area contributed by atoms with Gasteiger partial charge in [-0.1, -0.05) is 18.2 Å². The van der Waals surface area contributed by atoms with E-state index in [1.807, 2.05) is 0 Å². The minimum atomic E-state index is -4.48. The third kappa shape index (κ3) is 4.56. The van der Waals surface area contributed by atoms with E-state index in [4.69, 9.17) is 5.11 Å². The molecule has 1 aliphatic heterocycles. The number of nitrogens with zero attached hydrogens (tertiary/aromatic N) is 1. The quantitative estimate of drug-likeness (QED) is 0.764. The molecule has 2 aromatic rings. The van der Waals surface area contributed by atoms with E-state index in [2.05, 4.69) is 10.3 Å². The predicted octanol–water partition coefficient (Wildman–Crippen LogP) is 4.30. The maximum atomic E-state index is 12.8. The molecular weight excluding hydrogens is 381 g/mol. The van der Waals surface area contributed by atoms with Gasteiger partial charge in [0.05, 0.1) is 21.7 Å². The SMILES string of the molecule is O=C1NC(=Nc2cccc(C(F)(F)F)c2)SC1=Cc1ccc(C(=O)O)cc1. The molecule has 0 atom stereocenters. The summed E-state index contributed by atoms with van der Waals surface area (Å²) in [5.41, 5.74) is -0.0295. The van der Waals surface area contributed by atoms with Gasteiger partial charge in [0.25, 0.3) is 5.91 Å². The first kappa shape index (κ1) is 18.7. The van der Waals surface area contributed by atoms with E-state index in [-0.39, 0.29) is 16.4 Å². The van der Waals surface area contributed by atoms with Crippen LogP contribution in [0.1, 0.15) is 21.5 Å². The van der Waals surface area contributed by atoms with Crippen LogP contribution in [-0.2, 0) is 11.0 Å². The highest BCUT2D eigenvalue weighted by atomic mass is 32.2. The molecule has 0 saturated carbocycles. The number of aliphatic imine (C=N–C) groups is 1. The number of carbonyl (C=O) groups excluding carboxylic acids is 1. The zero-order valence-electron chi connectivity index (χ0n) is 13.4. The molecule has 0 aliphatic carbocycles. The van der Waals surface area contributed by atoms with Gasteiger partial charge in [0.15, 0.2) is 5.17 Å². The summed E-state index contributed by atoms with van der Waals surface area (Å²) >= 11 is 0.985. The van der Waals surface area contributed by atoms with Crippen molar-refractivity contribution in [2.75, 3.05) is 0 Å². The van der Waals surface area contributed by atoms with Gasteiger partial charge in [0, 0.05) is 0 Å². The Morgan fingerprint density at radius 1 is 1.15 bits per heavy atom. The van der Waals surface area contributed by atoms with Crippen LogP contribution in [0.15, 0.2) is 58.4 Å². The Morgan fingerprint density at radius 2 is 1.85 bits per heavy atom. The average molecular weight is 392 g/mol. The summed E-state index contributed by atoms with van der Waals surface area (Å²) in [5, 5.41) is 11.5. The molecule has 0 radical (unpaired) electrons.